The molecule has 6 nitrogen and oxygen atoms in total. The highest BCUT2D eigenvalue weighted by atomic mass is 35.5. The molecule has 1 heterocycles. The first-order valence-corrected chi connectivity index (χ1v) is 9.88. The Morgan fingerprint density at radius 1 is 1.04 bits per heavy atom. The molecular formula is C20H21ClN4O2S. The van der Waals surface area contributed by atoms with Crippen molar-refractivity contribution in [3.63, 3.8) is 0 Å². The Labute approximate surface area is 172 Å². The van der Waals surface area contributed by atoms with E-state index in [2.05, 4.69) is 53.7 Å². The van der Waals surface area contributed by atoms with E-state index in [0.717, 1.165) is 5.75 Å². The quantitative estimate of drug-likeness (QED) is 0.558. The number of benzene rings is 2. The molecule has 0 saturated carbocycles. The zero-order chi connectivity index (χ0) is 20.1. The molecule has 0 bridgehead atoms. The molecule has 0 fully saturated rings. The second-order valence-electron chi connectivity index (χ2n) is 7.15. The van der Waals surface area contributed by atoms with E-state index in [1.165, 1.54) is 16.9 Å². The Kier molecular flexibility index (Phi) is 6.16. The summed E-state index contributed by atoms with van der Waals surface area (Å²) in [4.78, 5) is 12.0. The minimum absolute atomic E-state index is 0.102. The lowest BCUT2D eigenvalue weighted by molar-refractivity contribution is 0.262. The summed E-state index contributed by atoms with van der Waals surface area (Å²) in [6.45, 7) is 6.79. The van der Waals surface area contributed by atoms with Crippen molar-refractivity contribution in [3.8, 4) is 5.75 Å². The van der Waals surface area contributed by atoms with Gasteiger partial charge in [0.05, 0.1) is 0 Å². The Morgan fingerprint density at radius 2 is 1.71 bits per heavy atom. The predicted molar refractivity (Wildman–Crippen MR) is 113 cm³/mol. The maximum atomic E-state index is 12.0. The van der Waals surface area contributed by atoms with Crippen molar-refractivity contribution in [3.05, 3.63) is 64.1 Å². The zero-order valence-electron chi connectivity index (χ0n) is 15.8. The molecule has 0 spiro atoms. The molecule has 0 aliphatic heterocycles. The highest BCUT2D eigenvalue weighted by Crippen LogP contribution is 2.25. The topological polar surface area (TPSA) is 76.1 Å². The van der Waals surface area contributed by atoms with Crippen molar-refractivity contribution in [2.45, 2.75) is 32.8 Å². The molecule has 0 unspecified atom stereocenters. The van der Waals surface area contributed by atoms with Gasteiger partial charge in [0.25, 0.3) is 0 Å². The lowest BCUT2D eigenvalue weighted by Crippen LogP contribution is -2.19. The largest absolute Gasteiger partial charge is 0.486 e. The Balaban J connectivity index is 1.51. The molecule has 2 amide bonds. The van der Waals surface area contributed by atoms with Gasteiger partial charge in [-0.05, 0) is 47.4 Å². The van der Waals surface area contributed by atoms with Crippen LogP contribution in [-0.4, -0.2) is 16.2 Å². The third kappa shape index (κ3) is 5.68. The number of ether oxygens (including phenoxy) is 1. The van der Waals surface area contributed by atoms with Crippen LogP contribution in [0.25, 0.3) is 0 Å². The van der Waals surface area contributed by atoms with Crippen LogP contribution in [0.2, 0.25) is 5.02 Å². The number of halogens is 1. The standard InChI is InChI=1S/C20H21ClN4O2S/c1-20(2,3)13-4-10-16(11-5-13)27-12-17-24-25-19(28-17)23-18(26)22-15-8-6-14(21)7-9-15/h4-11H,12H2,1-3H3,(H2,22,23,25,26). The number of carbonyl (C=O) groups excluding carboxylic acids is 1. The summed E-state index contributed by atoms with van der Waals surface area (Å²) in [7, 11) is 0. The third-order valence-electron chi connectivity index (χ3n) is 3.87. The summed E-state index contributed by atoms with van der Waals surface area (Å²) < 4.78 is 5.75. The molecule has 0 saturated heterocycles. The summed E-state index contributed by atoms with van der Waals surface area (Å²) in [5.41, 5.74) is 1.98. The highest BCUT2D eigenvalue weighted by molar-refractivity contribution is 7.15. The molecule has 146 valence electrons. The van der Waals surface area contributed by atoms with Gasteiger partial charge >= 0.3 is 6.03 Å². The number of hydrogen-bond donors (Lipinski definition) is 2. The molecular weight excluding hydrogens is 396 g/mol. The molecule has 3 rings (SSSR count). The number of nitrogens with zero attached hydrogens (tertiary/aromatic N) is 2. The minimum Gasteiger partial charge on any atom is -0.486 e. The molecule has 0 radical (unpaired) electrons. The molecule has 0 atom stereocenters. The fraction of sp³-hybridized carbons (Fsp3) is 0.250. The lowest BCUT2D eigenvalue weighted by Gasteiger charge is -2.19. The summed E-state index contributed by atoms with van der Waals surface area (Å²) >= 11 is 7.09. The summed E-state index contributed by atoms with van der Waals surface area (Å²) in [6.07, 6.45) is 0. The fourth-order valence-corrected chi connectivity index (χ4v) is 3.13. The SMILES string of the molecule is CC(C)(C)c1ccc(OCc2nnc(NC(=O)Nc3ccc(Cl)cc3)s2)cc1. The van der Waals surface area contributed by atoms with E-state index >= 15 is 0 Å². The van der Waals surface area contributed by atoms with Gasteiger partial charge in [0, 0.05) is 10.7 Å². The first kappa shape index (κ1) is 20.1. The number of urea groups is 1. The van der Waals surface area contributed by atoms with Gasteiger partial charge in [-0.1, -0.05) is 55.8 Å². The Hall–Kier alpha value is -2.64. The van der Waals surface area contributed by atoms with Crippen molar-refractivity contribution in [1.29, 1.82) is 0 Å². The number of nitrogens with one attached hydrogen (secondary N) is 2. The maximum absolute atomic E-state index is 12.0. The number of anilines is 2. The minimum atomic E-state index is -0.399. The number of aromatic nitrogens is 2. The maximum Gasteiger partial charge on any atom is 0.325 e. The van der Waals surface area contributed by atoms with Crippen molar-refractivity contribution in [2.75, 3.05) is 10.6 Å². The number of carbonyl (C=O) groups is 1. The molecule has 2 aromatic carbocycles. The second-order valence-corrected chi connectivity index (χ2v) is 8.65. The number of rotatable bonds is 5. The van der Waals surface area contributed by atoms with Gasteiger partial charge in [-0.3, -0.25) is 5.32 Å². The molecule has 2 N–H and O–H groups in total. The van der Waals surface area contributed by atoms with Gasteiger partial charge in [-0.25, -0.2) is 4.79 Å². The molecule has 0 aliphatic carbocycles. The van der Waals surface area contributed by atoms with Crippen LogP contribution in [0.3, 0.4) is 0 Å². The number of amides is 2. The van der Waals surface area contributed by atoms with Gasteiger partial charge in [0.15, 0.2) is 5.01 Å². The third-order valence-corrected chi connectivity index (χ3v) is 4.94. The second kappa shape index (κ2) is 8.58. The average molecular weight is 417 g/mol. The van der Waals surface area contributed by atoms with Crippen molar-refractivity contribution >= 4 is 39.8 Å². The van der Waals surface area contributed by atoms with Gasteiger partial charge < -0.3 is 10.1 Å². The van der Waals surface area contributed by atoms with Gasteiger partial charge in [0.1, 0.15) is 12.4 Å². The van der Waals surface area contributed by atoms with Crippen molar-refractivity contribution in [2.24, 2.45) is 0 Å². The lowest BCUT2D eigenvalue weighted by atomic mass is 9.87. The summed E-state index contributed by atoms with van der Waals surface area (Å²) in [5.74, 6) is 0.762. The summed E-state index contributed by atoms with van der Waals surface area (Å²) in [6, 6.07) is 14.4. The van der Waals surface area contributed by atoms with Gasteiger partial charge in [-0.2, -0.15) is 0 Å². The van der Waals surface area contributed by atoms with E-state index < -0.39 is 6.03 Å². The molecule has 1 aromatic heterocycles. The van der Waals surface area contributed by atoms with E-state index in [1.54, 1.807) is 24.3 Å². The van der Waals surface area contributed by atoms with Crippen LogP contribution in [0.5, 0.6) is 5.75 Å². The van der Waals surface area contributed by atoms with Crippen LogP contribution >= 0.6 is 22.9 Å². The van der Waals surface area contributed by atoms with E-state index in [4.69, 9.17) is 16.3 Å². The average Bonchev–Trinajstić information content (AvgIpc) is 3.09. The van der Waals surface area contributed by atoms with Crippen LogP contribution < -0.4 is 15.4 Å². The van der Waals surface area contributed by atoms with Crippen LogP contribution in [0.1, 0.15) is 31.3 Å². The van der Waals surface area contributed by atoms with E-state index in [1.807, 2.05) is 12.1 Å². The monoisotopic (exact) mass is 416 g/mol. The Morgan fingerprint density at radius 3 is 2.36 bits per heavy atom. The van der Waals surface area contributed by atoms with Crippen LogP contribution in [0, 0.1) is 0 Å². The number of hydrogen-bond acceptors (Lipinski definition) is 5. The zero-order valence-corrected chi connectivity index (χ0v) is 17.4. The van der Waals surface area contributed by atoms with E-state index in [0.29, 0.717) is 20.8 Å². The van der Waals surface area contributed by atoms with Crippen molar-refractivity contribution < 1.29 is 9.53 Å². The predicted octanol–water partition coefficient (Wildman–Crippen LogP) is 5.71. The first-order chi connectivity index (χ1) is 13.3. The van der Waals surface area contributed by atoms with E-state index in [9.17, 15) is 4.79 Å². The van der Waals surface area contributed by atoms with E-state index in [-0.39, 0.29) is 12.0 Å². The van der Waals surface area contributed by atoms with Crippen LogP contribution in [-0.2, 0) is 12.0 Å². The van der Waals surface area contributed by atoms with Crippen LogP contribution in [0.4, 0.5) is 15.6 Å². The smallest absolute Gasteiger partial charge is 0.325 e. The summed E-state index contributed by atoms with van der Waals surface area (Å²) in [5, 5.41) is 15.0. The molecule has 28 heavy (non-hydrogen) atoms. The molecule has 3 aromatic rings. The van der Waals surface area contributed by atoms with Crippen LogP contribution in [0.15, 0.2) is 48.5 Å². The van der Waals surface area contributed by atoms with Gasteiger partial charge in [-0.15, -0.1) is 10.2 Å². The Bertz CT molecular complexity index is 934. The fourth-order valence-electron chi connectivity index (χ4n) is 2.35. The van der Waals surface area contributed by atoms with Gasteiger partial charge in [0.2, 0.25) is 5.13 Å². The normalized spacial score (nSPS) is 11.1. The van der Waals surface area contributed by atoms with Crippen molar-refractivity contribution in [1.82, 2.24) is 10.2 Å². The molecule has 0 aliphatic rings. The molecule has 8 heteroatoms. The highest BCUT2D eigenvalue weighted by Gasteiger charge is 2.13. The first-order valence-electron chi connectivity index (χ1n) is 8.69.